The van der Waals surface area contributed by atoms with E-state index in [-0.39, 0.29) is 47.8 Å². The fraction of sp³-hybridized carbons (Fsp3) is 0.511. The highest BCUT2D eigenvalue weighted by Gasteiger charge is 2.53. The Morgan fingerprint density at radius 2 is 1.17 bits per heavy atom. The van der Waals surface area contributed by atoms with Gasteiger partial charge in [-0.1, -0.05) is 76.2 Å². The number of hydrogen-bond donors (Lipinski definition) is 3. The average molecular weight is 790 g/mol. The average Bonchev–Trinajstić information content (AvgIpc) is 4.00. The first kappa shape index (κ1) is 39.4. The van der Waals surface area contributed by atoms with Crippen molar-refractivity contribution in [2.75, 3.05) is 14.2 Å². The third-order valence-electron chi connectivity index (χ3n) is 13.3. The number of imidazole rings is 1. The van der Waals surface area contributed by atoms with Crippen LogP contribution in [0.5, 0.6) is 0 Å². The van der Waals surface area contributed by atoms with Crippen LogP contribution in [0.4, 0.5) is 9.59 Å². The number of allylic oxidation sites excluding steroid dienone is 1. The molecule has 0 spiro atoms. The van der Waals surface area contributed by atoms with Gasteiger partial charge in [-0.15, -0.1) is 0 Å². The zero-order chi connectivity index (χ0) is 40.8. The van der Waals surface area contributed by atoms with Gasteiger partial charge in [-0.2, -0.15) is 0 Å². The van der Waals surface area contributed by atoms with Gasteiger partial charge in [-0.3, -0.25) is 14.6 Å². The van der Waals surface area contributed by atoms with Gasteiger partial charge in [0.1, 0.15) is 17.9 Å². The third-order valence-corrected chi connectivity index (χ3v) is 13.3. The Balaban J connectivity index is 0.916. The molecule has 8 rings (SSSR count). The van der Waals surface area contributed by atoms with Crippen LogP contribution < -0.4 is 10.6 Å². The smallest absolute Gasteiger partial charge is 0.407 e. The normalized spacial score (nSPS) is 25.5. The van der Waals surface area contributed by atoms with E-state index in [1.165, 1.54) is 14.2 Å². The molecule has 4 fully saturated rings. The molecular formula is C45H55N7O6. The number of methoxy groups -OCH3 is 2. The second kappa shape index (κ2) is 16.1. The van der Waals surface area contributed by atoms with E-state index in [1.54, 1.807) is 0 Å². The van der Waals surface area contributed by atoms with E-state index in [0.717, 1.165) is 83.6 Å². The summed E-state index contributed by atoms with van der Waals surface area (Å²) in [5, 5.41) is 5.53. The zero-order valence-corrected chi connectivity index (χ0v) is 34.2. The van der Waals surface area contributed by atoms with Crippen molar-refractivity contribution >= 4 is 35.3 Å². The maximum Gasteiger partial charge on any atom is 0.407 e. The van der Waals surface area contributed by atoms with Crippen LogP contribution in [0, 0.1) is 23.7 Å². The molecule has 58 heavy (non-hydrogen) atoms. The fourth-order valence-electron chi connectivity index (χ4n) is 9.74. The number of nitrogens with one attached hydrogen (secondary N) is 3. The number of likely N-dealkylation sites (tertiary alicyclic amines) is 2. The lowest BCUT2D eigenvalue weighted by atomic mass is 9.79. The van der Waals surface area contributed by atoms with Crippen molar-refractivity contribution in [2.45, 2.75) is 109 Å². The number of alkyl carbamates (subject to hydrolysis) is 2. The number of H-pyrrole nitrogens is 1. The van der Waals surface area contributed by atoms with Gasteiger partial charge in [0.25, 0.3) is 0 Å². The molecule has 0 unspecified atom stereocenters. The molecule has 0 bridgehead atoms. The minimum Gasteiger partial charge on any atom is -0.453 e. The first-order valence-corrected chi connectivity index (χ1v) is 20.8. The Labute approximate surface area is 340 Å². The molecule has 13 heteroatoms. The summed E-state index contributed by atoms with van der Waals surface area (Å²) < 4.78 is 9.65. The van der Waals surface area contributed by atoms with Crippen LogP contribution in [0.1, 0.15) is 90.1 Å². The first-order valence-electron chi connectivity index (χ1n) is 20.8. The largest absolute Gasteiger partial charge is 0.453 e. The van der Waals surface area contributed by atoms with Gasteiger partial charge in [-0.05, 0) is 90.0 Å². The number of ether oxygens (including phenoxy) is 2. The highest BCUT2D eigenvalue weighted by molar-refractivity contribution is 6.04. The number of aliphatic imine (C=N–C) groups is 1. The Morgan fingerprint density at radius 3 is 1.66 bits per heavy atom. The predicted molar refractivity (Wildman–Crippen MR) is 220 cm³/mol. The molecule has 4 amide bonds. The van der Waals surface area contributed by atoms with E-state index in [9.17, 15) is 19.2 Å². The molecule has 13 nitrogen and oxygen atoms in total. The Hall–Kier alpha value is -5.46. The molecule has 2 saturated carbocycles. The van der Waals surface area contributed by atoms with Crippen LogP contribution in [0.25, 0.3) is 28.0 Å². The van der Waals surface area contributed by atoms with E-state index < -0.39 is 24.3 Å². The van der Waals surface area contributed by atoms with Crippen molar-refractivity contribution < 1.29 is 28.7 Å². The van der Waals surface area contributed by atoms with Crippen LogP contribution in [-0.4, -0.2) is 93.9 Å². The molecule has 8 atom stereocenters. The van der Waals surface area contributed by atoms with Crippen molar-refractivity contribution in [1.82, 2.24) is 30.4 Å². The number of amides is 4. The third kappa shape index (κ3) is 7.28. The van der Waals surface area contributed by atoms with Crippen LogP contribution in [0.3, 0.4) is 0 Å². The van der Waals surface area contributed by atoms with Crippen LogP contribution in [0.15, 0.2) is 65.9 Å². The maximum atomic E-state index is 14.0. The molecule has 0 radical (unpaired) electrons. The summed E-state index contributed by atoms with van der Waals surface area (Å²) in [6.07, 6.45) is 9.16. The first-order chi connectivity index (χ1) is 27.9. The minimum absolute atomic E-state index is 0.0533. The molecule has 3 N–H and O–H groups in total. The number of hydrogen-bond acceptors (Lipinski definition) is 8. The quantitative estimate of drug-likeness (QED) is 0.187. The van der Waals surface area contributed by atoms with Gasteiger partial charge in [0.05, 0.1) is 38.2 Å². The summed E-state index contributed by atoms with van der Waals surface area (Å²) in [7, 11) is 2.62. The van der Waals surface area contributed by atoms with Crippen LogP contribution in [0.2, 0.25) is 0 Å². The van der Waals surface area contributed by atoms with Gasteiger partial charge in [-0.25, -0.2) is 14.6 Å². The van der Waals surface area contributed by atoms with E-state index in [2.05, 4.69) is 64.1 Å². The lowest BCUT2D eigenvalue weighted by molar-refractivity contribution is -0.139. The van der Waals surface area contributed by atoms with Gasteiger partial charge in [0.2, 0.25) is 11.8 Å². The van der Waals surface area contributed by atoms with E-state index in [0.29, 0.717) is 18.3 Å². The second-order valence-electron chi connectivity index (χ2n) is 17.3. The van der Waals surface area contributed by atoms with Crippen molar-refractivity contribution in [1.29, 1.82) is 0 Å². The monoisotopic (exact) mass is 789 g/mol. The summed E-state index contributed by atoms with van der Waals surface area (Å²) in [6.45, 7) is 7.75. The topological polar surface area (TPSA) is 158 Å². The highest BCUT2D eigenvalue weighted by Crippen LogP contribution is 2.50. The molecular weight excluding hydrogens is 735 g/mol. The Kier molecular flexibility index (Phi) is 10.9. The summed E-state index contributed by atoms with van der Waals surface area (Å²) in [4.78, 5) is 69.3. The lowest BCUT2D eigenvalue weighted by Gasteiger charge is -2.39. The second-order valence-corrected chi connectivity index (χ2v) is 17.3. The summed E-state index contributed by atoms with van der Waals surface area (Å²) in [6, 6.07) is 15.7. The summed E-state index contributed by atoms with van der Waals surface area (Å²) >= 11 is 0. The Morgan fingerprint density at radius 1 is 0.690 bits per heavy atom. The molecule has 1 aromatic heterocycles. The SMILES string of the molecule is COC(=O)N[C@H](C(=O)N1[C@@H]2CC[C@@H]2C[C@H]1C1=NC=C(c2ccc(-c3ccc(-c4cnc([C@@H]5C[C@H]6CC[C@H]6N5C(=O)[C@@H](NC(=O)OC)C(C)C)[nH]4)cc3)cc2)C1)C(C)C. The maximum absolute atomic E-state index is 14.0. The molecule has 306 valence electrons. The van der Waals surface area contributed by atoms with Gasteiger partial charge >= 0.3 is 12.2 Å². The summed E-state index contributed by atoms with van der Waals surface area (Å²) in [5.41, 5.74) is 7.31. The van der Waals surface area contributed by atoms with E-state index >= 15 is 0 Å². The number of aromatic nitrogens is 2. The van der Waals surface area contributed by atoms with Gasteiger partial charge < -0.3 is 34.9 Å². The van der Waals surface area contributed by atoms with Crippen molar-refractivity contribution in [2.24, 2.45) is 28.7 Å². The number of carbonyl (C=O) groups excluding carboxylic acids is 4. The fourth-order valence-corrected chi connectivity index (χ4v) is 9.74. The molecule has 5 aliphatic rings. The zero-order valence-electron chi connectivity index (χ0n) is 34.2. The number of aromatic amines is 1. The highest BCUT2D eigenvalue weighted by atomic mass is 16.5. The minimum atomic E-state index is -0.678. The molecule has 2 aliphatic carbocycles. The number of benzene rings is 2. The number of nitrogens with zero attached hydrogens (tertiary/aromatic N) is 4. The van der Waals surface area contributed by atoms with Gasteiger partial charge in [0.15, 0.2) is 0 Å². The standard InChI is InChI=1S/C45H55N7O6/c1-24(2)39(49-44(55)57-5)42(53)51-35-17-15-30(35)20-37(51)33-19-32(22-46-33)28-9-7-26(8-10-28)27-11-13-29(14-12-27)34-23-47-41(48-34)38-21-31-16-18-36(31)52(38)43(54)40(25(3)4)50-45(56)58-6/h7-14,22-25,30-31,35-40H,15-21H2,1-6H3,(H,47,48)(H,49,55)(H,50,56)/t30-,31-,35-,36-,37+,38+,39+,40+/m1/s1. The van der Waals surface area contributed by atoms with Gasteiger partial charge in [0, 0.05) is 30.4 Å². The molecule has 3 aliphatic heterocycles. The van der Waals surface area contributed by atoms with Crippen molar-refractivity contribution in [3.8, 4) is 22.4 Å². The lowest BCUT2D eigenvalue weighted by Crippen LogP contribution is -2.57. The van der Waals surface area contributed by atoms with E-state index in [1.807, 2.05) is 49.9 Å². The molecule has 3 aromatic rings. The van der Waals surface area contributed by atoms with E-state index in [4.69, 9.17) is 19.5 Å². The predicted octanol–water partition coefficient (Wildman–Crippen LogP) is 7.12. The molecule has 2 aromatic carbocycles. The molecule has 4 heterocycles. The summed E-state index contributed by atoms with van der Waals surface area (Å²) in [5.74, 6) is 1.35. The molecule has 2 saturated heterocycles. The van der Waals surface area contributed by atoms with Crippen LogP contribution in [-0.2, 0) is 19.1 Å². The number of rotatable bonds is 11. The number of carbonyl (C=O) groups is 4. The van der Waals surface area contributed by atoms with Crippen molar-refractivity contribution in [3.63, 3.8) is 0 Å². The number of fused-ring (bicyclic) bond motifs is 2. The van der Waals surface area contributed by atoms with Crippen molar-refractivity contribution in [3.05, 3.63) is 72.3 Å². The Bertz CT molecular complexity index is 2110. The van der Waals surface area contributed by atoms with Crippen LogP contribution >= 0.6 is 0 Å².